The molecule has 2 heterocycles. The van der Waals surface area contributed by atoms with E-state index in [1.807, 2.05) is 0 Å². The van der Waals surface area contributed by atoms with Gasteiger partial charge in [0, 0.05) is 11.6 Å². The zero-order chi connectivity index (χ0) is 19.8. The molecular formula is C19H15FN2O6. The molecule has 0 unspecified atom stereocenters. The molecule has 0 spiro atoms. The maximum Gasteiger partial charge on any atom is 0.305 e. The number of fused-ring (bicyclic) bond motifs is 2. The van der Waals surface area contributed by atoms with Gasteiger partial charge in [-0.2, -0.15) is 0 Å². The first-order valence-electron chi connectivity index (χ1n) is 8.47. The molecule has 0 fully saturated rings. The molecule has 0 aromatic heterocycles. The lowest BCUT2D eigenvalue weighted by Crippen LogP contribution is -2.48. The van der Waals surface area contributed by atoms with Crippen molar-refractivity contribution in [2.75, 3.05) is 23.4 Å². The molecule has 2 aromatic carbocycles. The molecule has 28 heavy (non-hydrogen) atoms. The predicted octanol–water partition coefficient (Wildman–Crippen LogP) is 2.04. The van der Waals surface area contributed by atoms with Crippen LogP contribution in [0.25, 0.3) is 0 Å². The smallest absolute Gasteiger partial charge is 0.305 e. The molecular weight excluding hydrogens is 371 g/mol. The second-order valence-corrected chi connectivity index (χ2v) is 6.40. The molecule has 1 atom stereocenters. The number of carboxylic acids is 1. The zero-order valence-corrected chi connectivity index (χ0v) is 14.5. The van der Waals surface area contributed by atoms with Crippen molar-refractivity contribution >= 4 is 29.2 Å². The number of ether oxygens (including phenoxy) is 2. The summed E-state index contributed by atoms with van der Waals surface area (Å²) in [6, 6.07) is 7.46. The Balaban J connectivity index is 1.74. The molecule has 0 saturated heterocycles. The number of anilines is 2. The topological polar surface area (TPSA) is 105 Å². The normalized spacial score (nSPS) is 17.5. The Morgan fingerprint density at radius 2 is 2.00 bits per heavy atom. The maximum absolute atomic E-state index is 13.5. The van der Waals surface area contributed by atoms with E-state index < -0.39 is 23.7 Å². The van der Waals surface area contributed by atoms with Crippen LogP contribution in [-0.4, -0.2) is 42.1 Å². The third-order valence-electron chi connectivity index (χ3n) is 4.47. The minimum atomic E-state index is -1.09. The number of hydrogen-bond donors (Lipinski definition) is 2. The number of amides is 2. The highest BCUT2D eigenvalue weighted by atomic mass is 19.1. The van der Waals surface area contributed by atoms with E-state index in [2.05, 4.69) is 5.32 Å². The zero-order valence-electron chi connectivity index (χ0n) is 14.5. The number of rotatable bonds is 3. The van der Waals surface area contributed by atoms with Crippen LogP contribution in [0.2, 0.25) is 0 Å². The largest absolute Gasteiger partial charge is 0.489 e. The number of carbonyl (C=O) groups excluding carboxylic acids is 2. The van der Waals surface area contributed by atoms with Gasteiger partial charge in [0.05, 0.1) is 23.8 Å². The summed E-state index contributed by atoms with van der Waals surface area (Å²) in [6.07, 6.45) is -0.340. The minimum Gasteiger partial charge on any atom is -0.489 e. The molecule has 9 heteroatoms. The van der Waals surface area contributed by atoms with Crippen LogP contribution >= 0.6 is 0 Å². The molecule has 2 aliphatic heterocycles. The van der Waals surface area contributed by atoms with Crippen LogP contribution in [0.15, 0.2) is 36.4 Å². The van der Waals surface area contributed by atoms with Crippen molar-refractivity contribution in [1.29, 1.82) is 0 Å². The van der Waals surface area contributed by atoms with Gasteiger partial charge in [-0.05, 0) is 30.3 Å². The Hall–Kier alpha value is -3.62. The SMILES string of the molecule is O=C(O)C[C@H]1COc2cc(F)ccc2N1C(=O)c1ccc2c(c1)NC(=O)CO2. The number of nitrogens with zero attached hydrogens (tertiary/aromatic N) is 1. The minimum absolute atomic E-state index is 0.0840. The van der Waals surface area contributed by atoms with Gasteiger partial charge in [-0.1, -0.05) is 0 Å². The summed E-state index contributed by atoms with van der Waals surface area (Å²) in [5.41, 5.74) is 0.850. The number of carbonyl (C=O) groups is 3. The number of halogens is 1. The third kappa shape index (κ3) is 3.22. The molecule has 2 aromatic rings. The van der Waals surface area contributed by atoms with Crippen molar-refractivity contribution in [2.45, 2.75) is 12.5 Å². The lowest BCUT2D eigenvalue weighted by molar-refractivity contribution is -0.137. The van der Waals surface area contributed by atoms with Crippen molar-refractivity contribution in [3.63, 3.8) is 0 Å². The van der Waals surface area contributed by atoms with Crippen LogP contribution in [0, 0.1) is 5.82 Å². The monoisotopic (exact) mass is 386 g/mol. The molecule has 4 rings (SSSR count). The lowest BCUT2D eigenvalue weighted by Gasteiger charge is -2.36. The average Bonchev–Trinajstić information content (AvgIpc) is 2.66. The second-order valence-electron chi connectivity index (χ2n) is 6.40. The van der Waals surface area contributed by atoms with Gasteiger partial charge in [-0.3, -0.25) is 19.3 Å². The molecule has 2 aliphatic rings. The molecule has 0 radical (unpaired) electrons. The van der Waals surface area contributed by atoms with E-state index in [4.69, 9.17) is 9.47 Å². The first kappa shape index (κ1) is 17.8. The number of benzene rings is 2. The van der Waals surface area contributed by atoms with Crippen molar-refractivity contribution in [3.05, 3.63) is 47.8 Å². The lowest BCUT2D eigenvalue weighted by atomic mass is 10.0. The van der Waals surface area contributed by atoms with Crippen molar-refractivity contribution in [3.8, 4) is 11.5 Å². The quantitative estimate of drug-likeness (QED) is 0.836. The Morgan fingerprint density at radius 3 is 2.79 bits per heavy atom. The van der Waals surface area contributed by atoms with E-state index in [-0.39, 0.29) is 42.5 Å². The van der Waals surface area contributed by atoms with Crippen LogP contribution in [0.5, 0.6) is 11.5 Å². The summed E-state index contributed by atoms with van der Waals surface area (Å²) in [5, 5.41) is 11.8. The van der Waals surface area contributed by atoms with Gasteiger partial charge < -0.3 is 19.9 Å². The fraction of sp³-hybridized carbons (Fsp3) is 0.211. The number of carboxylic acid groups (broad SMARTS) is 1. The summed E-state index contributed by atoms with van der Waals surface area (Å²) in [5.74, 6) is -1.87. The first-order valence-corrected chi connectivity index (χ1v) is 8.47. The van der Waals surface area contributed by atoms with Gasteiger partial charge in [0.1, 0.15) is 23.9 Å². The molecule has 0 aliphatic carbocycles. The Morgan fingerprint density at radius 1 is 1.18 bits per heavy atom. The third-order valence-corrected chi connectivity index (χ3v) is 4.47. The molecule has 2 amide bonds. The van der Waals surface area contributed by atoms with Gasteiger partial charge in [-0.15, -0.1) is 0 Å². The van der Waals surface area contributed by atoms with Gasteiger partial charge >= 0.3 is 5.97 Å². The van der Waals surface area contributed by atoms with Gasteiger partial charge in [0.2, 0.25) is 0 Å². The van der Waals surface area contributed by atoms with Crippen molar-refractivity contribution < 1.29 is 33.4 Å². The van der Waals surface area contributed by atoms with Crippen LogP contribution in [0.3, 0.4) is 0 Å². The summed E-state index contributed by atoms with van der Waals surface area (Å²) in [4.78, 5) is 37.3. The van der Waals surface area contributed by atoms with Gasteiger partial charge in [0.25, 0.3) is 11.8 Å². The Labute approximate surface area is 158 Å². The van der Waals surface area contributed by atoms with Crippen LogP contribution in [0.1, 0.15) is 16.8 Å². The Bertz CT molecular complexity index is 992. The van der Waals surface area contributed by atoms with Crippen LogP contribution in [-0.2, 0) is 9.59 Å². The molecule has 0 bridgehead atoms. The van der Waals surface area contributed by atoms with Gasteiger partial charge in [-0.25, -0.2) is 4.39 Å². The average molecular weight is 386 g/mol. The highest BCUT2D eigenvalue weighted by molar-refractivity contribution is 6.09. The van der Waals surface area contributed by atoms with E-state index in [0.29, 0.717) is 11.4 Å². The first-order chi connectivity index (χ1) is 13.4. The highest BCUT2D eigenvalue weighted by Gasteiger charge is 2.35. The van der Waals surface area contributed by atoms with E-state index in [1.54, 1.807) is 6.07 Å². The molecule has 8 nitrogen and oxygen atoms in total. The Kier molecular flexibility index (Phi) is 4.34. The number of nitrogens with one attached hydrogen (secondary N) is 1. The number of hydrogen-bond acceptors (Lipinski definition) is 5. The standard InChI is InChI=1S/C19H15FN2O6/c20-11-2-3-14-16(6-11)27-8-12(7-18(24)25)22(14)19(26)10-1-4-15-13(5-10)21-17(23)9-28-15/h1-6,12H,7-9H2,(H,21,23)(H,24,25)/t12-/m0/s1. The van der Waals surface area contributed by atoms with Crippen molar-refractivity contribution in [2.24, 2.45) is 0 Å². The van der Waals surface area contributed by atoms with E-state index in [0.717, 1.165) is 6.07 Å². The van der Waals surface area contributed by atoms with E-state index >= 15 is 0 Å². The van der Waals surface area contributed by atoms with Crippen LogP contribution < -0.4 is 19.7 Å². The second kappa shape index (κ2) is 6.84. The van der Waals surface area contributed by atoms with Crippen molar-refractivity contribution in [1.82, 2.24) is 0 Å². The summed E-state index contributed by atoms with van der Waals surface area (Å²) >= 11 is 0. The molecule has 0 saturated carbocycles. The van der Waals surface area contributed by atoms with E-state index in [9.17, 15) is 23.9 Å². The predicted molar refractivity (Wildman–Crippen MR) is 95.3 cm³/mol. The summed E-state index contributed by atoms with van der Waals surface area (Å²) < 4.78 is 24.3. The fourth-order valence-electron chi connectivity index (χ4n) is 3.24. The molecule has 144 valence electrons. The molecule has 2 N–H and O–H groups in total. The summed E-state index contributed by atoms with van der Waals surface area (Å²) in [6.45, 7) is -0.192. The fourth-order valence-corrected chi connectivity index (χ4v) is 3.24. The number of aliphatic carboxylic acids is 1. The highest BCUT2D eigenvalue weighted by Crippen LogP contribution is 2.37. The van der Waals surface area contributed by atoms with Gasteiger partial charge in [0.15, 0.2) is 6.61 Å². The van der Waals surface area contributed by atoms with E-state index in [1.165, 1.54) is 29.2 Å². The van der Waals surface area contributed by atoms with Crippen LogP contribution in [0.4, 0.5) is 15.8 Å². The maximum atomic E-state index is 13.5. The summed E-state index contributed by atoms with van der Waals surface area (Å²) in [7, 11) is 0.